The van der Waals surface area contributed by atoms with Gasteiger partial charge in [-0.05, 0) is 253 Å². The van der Waals surface area contributed by atoms with Crippen LogP contribution in [0.25, 0.3) is 22.3 Å². The van der Waals surface area contributed by atoms with Gasteiger partial charge in [-0.15, -0.1) is 0 Å². The highest BCUT2D eigenvalue weighted by molar-refractivity contribution is 9.10. The zero-order chi connectivity index (χ0) is 78.0. The minimum atomic E-state index is -0.520. The Kier molecular flexibility index (Phi) is 25.9. The minimum Gasteiger partial charge on any atom is -0.399 e. The van der Waals surface area contributed by atoms with Crippen molar-refractivity contribution in [1.29, 1.82) is 0 Å². The second-order valence-electron chi connectivity index (χ2n) is 33.6. The second-order valence-corrected chi connectivity index (χ2v) is 35.4. The Labute approximate surface area is 661 Å². The molecule has 6 aliphatic rings. The molecule has 4 aliphatic heterocycles. The number of rotatable bonds is 22. The summed E-state index contributed by atoms with van der Waals surface area (Å²) < 4.78 is 98.7. The molecular weight excluding hydrogens is 1490 g/mol. The van der Waals surface area contributed by atoms with Crippen LogP contribution in [0, 0.1) is 0 Å². The maximum Gasteiger partial charge on any atom is 0.494 e. The molecule has 2 aliphatic carbocycles. The number of hydrogen-bond donors (Lipinski definition) is 0. The van der Waals surface area contributed by atoms with E-state index in [1.54, 1.807) is 28.4 Å². The minimum absolute atomic E-state index is 0.204. The van der Waals surface area contributed by atoms with Crippen LogP contribution in [-0.2, 0) is 97.5 Å². The quantitative estimate of drug-likeness (QED) is 0.0468. The first-order valence-corrected chi connectivity index (χ1v) is 39.5. The van der Waals surface area contributed by atoms with Crippen molar-refractivity contribution < 1.29 is 75.1 Å². The van der Waals surface area contributed by atoms with Gasteiger partial charge in [0.1, 0.15) is 27.2 Å². The van der Waals surface area contributed by atoms with Gasteiger partial charge < -0.3 is 75.1 Å². The first-order chi connectivity index (χ1) is 50.9. The lowest BCUT2D eigenvalue weighted by atomic mass is 9.70. The largest absolute Gasteiger partial charge is 0.494 e. The predicted molar refractivity (Wildman–Crippen MR) is 437 cm³/mol. The van der Waals surface area contributed by atoms with Gasteiger partial charge in [0.05, 0.1) is 67.2 Å². The molecule has 16 nitrogen and oxygen atoms in total. The average Bonchev–Trinajstić information content (AvgIpc) is 1.14. The van der Waals surface area contributed by atoms with Gasteiger partial charge in [0.25, 0.3) is 0 Å². The van der Waals surface area contributed by atoms with Gasteiger partial charge in [-0.1, -0.05) is 177 Å². The maximum atomic E-state index is 6.58. The molecule has 7 aromatic rings. The Morgan fingerprint density at radius 2 is 0.389 bits per heavy atom. The third-order valence-corrected chi connectivity index (χ3v) is 25.7. The summed E-state index contributed by atoms with van der Waals surface area (Å²) in [6.45, 7) is 34.0. The molecule has 6 fully saturated rings. The summed E-state index contributed by atoms with van der Waals surface area (Å²) in [7, 11) is 5.20. The van der Waals surface area contributed by atoms with Crippen LogP contribution in [0.3, 0.4) is 0 Å². The molecule has 0 atom stereocenters. The van der Waals surface area contributed by atoms with Crippen molar-refractivity contribution in [3.63, 3.8) is 0 Å². The molecule has 0 amide bonds. The Morgan fingerprint density at radius 3 is 0.556 bits per heavy atom. The lowest BCUT2D eigenvalue weighted by molar-refractivity contribution is -0.203. The zero-order valence-corrected chi connectivity index (χ0v) is 70.4. The van der Waals surface area contributed by atoms with E-state index in [-0.39, 0.29) is 112 Å². The predicted octanol–water partition coefficient (Wildman–Crippen LogP) is 16.9. The van der Waals surface area contributed by atoms with Crippen LogP contribution in [0.2, 0.25) is 0 Å². The fraction of sp³-hybridized carbons (Fsp3) is 0.512. The molecule has 0 unspecified atom stereocenters. The molecule has 13 rings (SSSR count). The summed E-state index contributed by atoms with van der Waals surface area (Å²) in [5.41, 5.74) is 8.53. The van der Waals surface area contributed by atoms with Crippen LogP contribution in [0.5, 0.6) is 0 Å². The van der Waals surface area contributed by atoms with Gasteiger partial charge >= 0.3 is 28.5 Å². The molecule has 578 valence electrons. The third-order valence-electron chi connectivity index (χ3n) is 24.6. The lowest BCUT2D eigenvalue weighted by Gasteiger charge is -2.46. The molecule has 0 N–H and O–H groups in total. The highest BCUT2D eigenvalue weighted by Gasteiger charge is 2.56. The van der Waals surface area contributed by atoms with Crippen molar-refractivity contribution in [2.45, 2.75) is 229 Å². The van der Waals surface area contributed by atoms with Gasteiger partial charge in [0.2, 0.25) is 0 Å². The fourth-order valence-corrected chi connectivity index (χ4v) is 15.2. The van der Waals surface area contributed by atoms with E-state index in [0.717, 1.165) is 116 Å². The van der Waals surface area contributed by atoms with E-state index in [0.29, 0.717) is 0 Å². The van der Waals surface area contributed by atoms with Crippen molar-refractivity contribution >= 4 is 82.2 Å². The van der Waals surface area contributed by atoms with Gasteiger partial charge in [0, 0.05) is 37.4 Å². The van der Waals surface area contributed by atoms with Crippen molar-refractivity contribution in [1.82, 2.24) is 0 Å². The van der Waals surface area contributed by atoms with E-state index in [9.17, 15) is 0 Å². The van der Waals surface area contributed by atoms with E-state index in [2.05, 4.69) is 288 Å². The van der Waals surface area contributed by atoms with Crippen LogP contribution < -0.4 is 21.9 Å². The van der Waals surface area contributed by atoms with E-state index in [1.807, 2.05) is 24.3 Å². The summed E-state index contributed by atoms with van der Waals surface area (Å²) in [6.07, 6.45) is 6.34. The van der Waals surface area contributed by atoms with Gasteiger partial charge in [-0.25, -0.2) is 0 Å². The molecular formula is C86H112B4Br2O16. The van der Waals surface area contributed by atoms with Gasteiger partial charge in [0.15, 0.2) is 0 Å². The smallest absolute Gasteiger partial charge is 0.399 e. The SMILES string of the molecule is CC1(C)OB(c2ccc(B3OC(C)(C)C(C)(C)O3)cc2)OC1(C)C.COCOC1(c2ccc(-c3ccc(B4OC(C)(C)C(C)(C)O4)cc3)cc2)CCC(OCOC)(c2ccc(-c3ccc(B4OC(C)(C)C(C)(C)O4)cc3)cc2)CC1.COCOC1(c2ccc(Br)cc2)CCC(OCOC)(c2ccc(Br)cc2)CC1. The standard InChI is InChI=1S/C46H58B2O8.C22H26Br2O4.C18H28B2O4/c1-41(2)42(3,4)54-47(53-41)39-23-15-35(16-24-39)33-11-19-37(20-12-33)45(51-31-49-9)27-29-46(30-28-45,52-32-50-10)38-21-13-34(14-22-38)36-17-25-40(26-18-36)48-55-43(5,6)44(7,8)56-48;1-25-15-27-21(17-3-7-19(23)8-4-17)11-13-22(14-12-21,28-16-26-2)18-5-9-20(24)10-6-18;1-15(2)16(3,4)22-19(21-15)13-9-11-14(12-10-13)20-23-17(5,6)18(7,8)24-20/h11-26H,27-32H2,1-10H3;3-10H,11-16H2,1-2H3;9-12H,1-8H3. The summed E-state index contributed by atoms with van der Waals surface area (Å²) in [5, 5.41) is 0. The highest BCUT2D eigenvalue weighted by atomic mass is 79.9. The normalized spacial score (nSPS) is 25.5. The van der Waals surface area contributed by atoms with Crippen molar-refractivity contribution in [2.75, 3.05) is 55.6 Å². The first-order valence-electron chi connectivity index (χ1n) is 37.9. The number of methoxy groups -OCH3 is 4. The van der Waals surface area contributed by atoms with Crippen molar-refractivity contribution in [3.05, 3.63) is 201 Å². The number of ether oxygens (including phenoxy) is 8. The molecule has 4 saturated heterocycles. The Balaban J connectivity index is 0.000000185. The molecule has 108 heavy (non-hydrogen) atoms. The average molecular weight is 1600 g/mol. The fourth-order valence-electron chi connectivity index (χ4n) is 14.7. The zero-order valence-electron chi connectivity index (χ0n) is 67.2. The monoisotopic (exact) mass is 1600 g/mol. The number of hydrogen-bond acceptors (Lipinski definition) is 16. The Bertz CT molecular complexity index is 3740. The number of halogens is 2. The van der Waals surface area contributed by atoms with Gasteiger partial charge in [-0.2, -0.15) is 0 Å². The summed E-state index contributed by atoms with van der Waals surface area (Å²) >= 11 is 7.04. The topological polar surface area (TPSA) is 148 Å². The van der Waals surface area contributed by atoms with E-state index in [1.165, 1.54) is 11.1 Å². The molecule has 4 heterocycles. The Morgan fingerprint density at radius 1 is 0.241 bits per heavy atom. The molecule has 0 aromatic heterocycles. The van der Waals surface area contributed by atoms with Crippen LogP contribution in [0.15, 0.2) is 179 Å². The molecule has 7 aromatic carbocycles. The third kappa shape index (κ3) is 18.0. The van der Waals surface area contributed by atoms with Crippen molar-refractivity contribution in [3.8, 4) is 22.3 Å². The lowest BCUT2D eigenvalue weighted by Crippen LogP contribution is -2.43. The maximum absolute atomic E-state index is 6.58. The van der Waals surface area contributed by atoms with E-state index in [4.69, 9.17) is 75.1 Å². The second kappa shape index (κ2) is 33.3. The van der Waals surface area contributed by atoms with Gasteiger partial charge in [-0.3, -0.25) is 0 Å². The van der Waals surface area contributed by atoms with Crippen molar-refractivity contribution in [2.24, 2.45) is 0 Å². The number of benzene rings is 7. The summed E-state index contributed by atoms with van der Waals surface area (Å²) in [5.74, 6) is 0. The molecule has 0 radical (unpaired) electrons. The highest BCUT2D eigenvalue weighted by Crippen LogP contribution is 2.53. The molecule has 0 spiro atoms. The first kappa shape index (κ1) is 84.0. The van der Waals surface area contributed by atoms with Crippen LogP contribution >= 0.6 is 31.9 Å². The molecule has 0 bridgehead atoms. The van der Waals surface area contributed by atoms with Crippen LogP contribution in [0.1, 0.15) is 184 Å². The van der Waals surface area contributed by atoms with E-state index >= 15 is 0 Å². The summed E-state index contributed by atoms with van der Waals surface area (Å²) in [4.78, 5) is 0. The van der Waals surface area contributed by atoms with Crippen LogP contribution in [0.4, 0.5) is 0 Å². The van der Waals surface area contributed by atoms with Crippen LogP contribution in [-0.4, -0.2) is 129 Å². The summed E-state index contributed by atoms with van der Waals surface area (Å²) in [6, 6.07) is 59.3. The Hall–Kier alpha value is -4.88. The van der Waals surface area contributed by atoms with E-state index < -0.39 is 11.2 Å². The molecule has 2 saturated carbocycles. The molecule has 22 heteroatoms.